The summed E-state index contributed by atoms with van der Waals surface area (Å²) in [5, 5.41) is 2.92. The molecular formula is C20H20N2O4. The van der Waals surface area contributed by atoms with Crippen LogP contribution >= 0.6 is 0 Å². The lowest BCUT2D eigenvalue weighted by atomic mass is 10.1. The van der Waals surface area contributed by atoms with Crippen LogP contribution in [0, 0.1) is 12.8 Å². The molecule has 0 radical (unpaired) electrons. The van der Waals surface area contributed by atoms with E-state index in [9.17, 15) is 9.59 Å². The highest BCUT2D eigenvalue weighted by Crippen LogP contribution is 2.32. The molecule has 26 heavy (non-hydrogen) atoms. The van der Waals surface area contributed by atoms with E-state index < -0.39 is 0 Å². The van der Waals surface area contributed by atoms with Gasteiger partial charge in [0.25, 0.3) is 5.91 Å². The molecule has 6 heteroatoms. The van der Waals surface area contributed by atoms with Gasteiger partial charge in [-0.05, 0) is 37.3 Å². The number of anilines is 1. The third-order valence-corrected chi connectivity index (χ3v) is 4.74. The Labute approximate surface area is 151 Å². The minimum atomic E-state index is -0.176. The first-order chi connectivity index (χ1) is 12.6. The highest BCUT2D eigenvalue weighted by atomic mass is 16.7. The molecule has 2 aromatic rings. The average Bonchev–Trinajstić information content (AvgIpc) is 3.26. The Morgan fingerprint density at radius 1 is 1.15 bits per heavy atom. The molecule has 2 aromatic carbocycles. The van der Waals surface area contributed by atoms with Crippen LogP contribution in [0.2, 0.25) is 0 Å². The number of nitrogens with one attached hydrogen (secondary N) is 1. The van der Waals surface area contributed by atoms with Gasteiger partial charge < -0.3 is 19.7 Å². The molecule has 0 aliphatic carbocycles. The largest absolute Gasteiger partial charge is 0.454 e. The van der Waals surface area contributed by atoms with Crippen LogP contribution in [0.1, 0.15) is 22.3 Å². The third-order valence-electron chi connectivity index (χ3n) is 4.74. The maximum atomic E-state index is 12.4. The number of carbonyl (C=O) groups is 2. The average molecular weight is 352 g/mol. The molecule has 0 unspecified atom stereocenters. The summed E-state index contributed by atoms with van der Waals surface area (Å²) in [5.41, 5.74) is 2.59. The van der Waals surface area contributed by atoms with Crippen LogP contribution < -0.4 is 19.7 Å². The molecule has 2 aliphatic heterocycles. The highest BCUT2D eigenvalue weighted by Gasteiger charge is 2.30. The molecule has 1 fully saturated rings. The predicted octanol–water partition coefficient (Wildman–Crippen LogP) is 2.51. The van der Waals surface area contributed by atoms with Crippen molar-refractivity contribution >= 4 is 17.5 Å². The van der Waals surface area contributed by atoms with E-state index in [2.05, 4.69) is 5.32 Å². The number of carbonyl (C=O) groups excluding carboxylic acids is 2. The third kappa shape index (κ3) is 3.22. The summed E-state index contributed by atoms with van der Waals surface area (Å²) >= 11 is 0. The lowest BCUT2D eigenvalue weighted by molar-refractivity contribution is -0.117. The van der Waals surface area contributed by atoms with E-state index in [-0.39, 0.29) is 24.5 Å². The summed E-state index contributed by atoms with van der Waals surface area (Å²) in [5.74, 6) is 1.25. The molecule has 0 bridgehead atoms. The number of aryl methyl sites for hydroxylation is 1. The second-order valence-corrected chi connectivity index (χ2v) is 6.69. The lowest BCUT2D eigenvalue weighted by Gasteiger charge is -2.17. The summed E-state index contributed by atoms with van der Waals surface area (Å²) in [7, 11) is 0. The second kappa shape index (κ2) is 6.71. The minimum absolute atomic E-state index is 0.0937. The smallest absolute Gasteiger partial charge is 0.251 e. The van der Waals surface area contributed by atoms with Gasteiger partial charge in [-0.3, -0.25) is 9.59 Å². The van der Waals surface area contributed by atoms with Crippen molar-refractivity contribution in [1.29, 1.82) is 0 Å². The van der Waals surface area contributed by atoms with Gasteiger partial charge >= 0.3 is 0 Å². The molecule has 0 aromatic heterocycles. The van der Waals surface area contributed by atoms with Gasteiger partial charge in [-0.15, -0.1) is 0 Å². The summed E-state index contributed by atoms with van der Waals surface area (Å²) in [4.78, 5) is 26.4. The number of ether oxygens (including phenoxy) is 2. The van der Waals surface area contributed by atoms with E-state index in [0.717, 1.165) is 11.3 Å². The number of amides is 2. The topological polar surface area (TPSA) is 67.9 Å². The Bertz CT molecular complexity index is 847. The zero-order chi connectivity index (χ0) is 18.1. The molecule has 2 aliphatic rings. The monoisotopic (exact) mass is 352 g/mol. The van der Waals surface area contributed by atoms with Crippen LogP contribution in [0.4, 0.5) is 5.69 Å². The quantitative estimate of drug-likeness (QED) is 0.918. The molecule has 134 valence electrons. The van der Waals surface area contributed by atoms with E-state index in [1.807, 2.05) is 31.2 Å². The zero-order valence-corrected chi connectivity index (χ0v) is 14.5. The minimum Gasteiger partial charge on any atom is -0.454 e. The van der Waals surface area contributed by atoms with Crippen molar-refractivity contribution in [3.63, 3.8) is 0 Å². The van der Waals surface area contributed by atoms with Gasteiger partial charge in [-0.25, -0.2) is 0 Å². The van der Waals surface area contributed by atoms with Crippen LogP contribution in [-0.4, -0.2) is 31.7 Å². The van der Waals surface area contributed by atoms with Crippen LogP contribution in [0.25, 0.3) is 0 Å². The van der Waals surface area contributed by atoms with Crippen molar-refractivity contribution in [2.24, 2.45) is 5.92 Å². The molecular weight excluding hydrogens is 332 g/mol. The van der Waals surface area contributed by atoms with Crippen molar-refractivity contribution in [1.82, 2.24) is 5.32 Å². The van der Waals surface area contributed by atoms with Crippen LogP contribution in [0.15, 0.2) is 42.5 Å². The van der Waals surface area contributed by atoms with Crippen LogP contribution in [0.5, 0.6) is 11.5 Å². The zero-order valence-electron chi connectivity index (χ0n) is 14.5. The van der Waals surface area contributed by atoms with Crippen molar-refractivity contribution < 1.29 is 19.1 Å². The fourth-order valence-corrected chi connectivity index (χ4v) is 3.27. The van der Waals surface area contributed by atoms with Crippen LogP contribution in [0.3, 0.4) is 0 Å². The number of rotatable bonds is 4. The van der Waals surface area contributed by atoms with Gasteiger partial charge in [0.2, 0.25) is 12.7 Å². The molecule has 2 heterocycles. The fourth-order valence-electron chi connectivity index (χ4n) is 3.27. The SMILES string of the molecule is Cc1ccc(N2C[C@@H](CNC(=O)c3ccc4c(c3)OCO4)CC2=O)cc1. The van der Waals surface area contributed by atoms with E-state index in [1.165, 1.54) is 0 Å². The van der Waals surface area contributed by atoms with Crippen molar-refractivity contribution in [3.8, 4) is 11.5 Å². The molecule has 1 atom stereocenters. The maximum absolute atomic E-state index is 12.4. The molecule has 0 saturated carbocycles. The van der Waals surface area contributed by atoms with E-state index in [4.69, 9.17) is 9.47 Å². The van der Waals surface area contributed by atoms with Gasteiger partial charge in [-0.1, -0.05) is 17.7 Å². The Hall–Kier alpha value is -3.02. The normalized spacial score (nSPS) is 18.3. The number of benzene rings is 2. The molecule has 6 nitrogen and oxygen atoms in total. The predicted molar refractivity (Wildman–Crippen MR) is 96.5 cm³/mol. The first kappa shape index (κ1) is 16.4. The molecule has 0 spiro atoms. The first-order valence-corrected chi connectivity index (χ1v) is 8.65. The van der Waals surface area contributed by atoms with Crippen molar-refractivity contribution in [3.05, 3.63) is 53.6 Å². The van der Waals surface area contributed by atoms with E-state index in [1.54, 1.807) is 23.1 Å². The van der Waals surface area contributed by atoms with Gasteiger partial charge in [0.05, 0.1) is 0 Å². The highest BCUT2D eigenvalue weighted by molar-refractivity contribution is 5.96. The summed E-state index contributed by atoms with van der Waals surface area (Å²) in [6.07, 6.45) is 0.440. The first-order valence-electron chi connectivity index (χ1n) is 8.65. The summed E-state index contributed by atoms with van der Waals surface area (Å²) in [6, 6.07) is 13.0. The Kier molecular flexibility index (Phi) is 4.24. The lowest BCUT2D eigenvalue weighted by Crippen LogP contribution is -2.31. The number of hydrogen-bond donors (Lipinski definition) is 1. The number of nitrogens with zero attached hydrogens (tertiary/aromatic N) is 1. The van der Waals surface area contributed by atoms with Crippen molar-refractivity contribution in [2.75, 3.05) is 24.8 Å². The van der Waals surface area contributed by atoms with E-state index >= 15 is 0 Å². The molecule has 1 saturated heterocycles. The van der Waals surface area contributed by atoms with Gasteiger partial charge in [-0.2, -0.15) is 0 Å². The van der Waals surface area contributed by atoms with Crippen LogP contribution in [-0.2, 0) is 4.79 Å². The van der Waals surface area contributed by atoms with Gasteiger partial charge in [0, 0.05) is 36.7 Å². The Morgan fingerprint density at radius 3 is 2.73 bits per heavy atom. The summed E-state index contributed by atoms with van der Waals surface area (Å²) in [6.45, 7) is 3.27. The number of hydrogen-bond acceptors (Lipinski definition) is 4. The van der Waals surface area contributed by atoms with Crippen molar-refractivity contribution in [2.45, 2.75) is 13.3 Å². The van der Waals surface area contributed by atoms with E-state index in [0.29, 0.717) is 36.6 Å². The molecule has 1 N–H and O–H groups in total. The fraction of sp³-hybridized carbons (Fsp3) is 0.300. The Morgan fingerprint density at radius 2 is 1.92 bits per heavy atom. The van der Waals surface area contributed by atoms with Gasteiger partial charge in [0.1, 0.15) is 0 Å². The molecule has 4 rings (SSSR count). The summed E-state index contributed by atoms with van der Waals surface area (Å²) < 4.78 is 10.5. The second-order valence-electron chi connectivity index (χ2n) is 6.69. The Balaban J connectivity index is 1.35. The van der Waals surface area contributed by atoms with Gasteiger partial charge in [0.15, 0.2) is 11.5 Å². The maximum Gasteiger partial charge on any atom is 0.251 e. The molecule has 2 amide bonds. The standard InChI is InChI=1S/C20H20N2O4/c1-13-2-5-16(6-3-13)22-11-14(8-19(22)23)10-21-20(24)15-4-7-17-18(9-15)26-12-25-17/h2-7,9,14H,8,10-12H2,1H3,(H,21,24)/t14-/m1/s1. The number of fused-ring (bicyclic) bond motifs is 1.